The molecule has 1 aromatic carbocycles. The number of hydrogen-bond acceptors (Lipinski definition) is 6. The molecule has 0 unspecified atom stereocenters. The minimum atomic E-state index is -0.622. The Kier molecular flexibility index (Phi) is 7.34. The molecule has 3 heterocycles. The standard InChI is InChI=1S/C26H30BrFN4O3/c1-26(2,3)35-25(33)32-12-5-7-16(14-32)21-18-9-10-20(27)22(28)23(18)30-24(19(21)13-29)34-15-17-8-6-11-31(17)4/h7,9-10,17H,5-6,8,11-12,14-15H2,1-4H3/t17-/m0/s1. The molecule has 4 rings (SSSR count). The SMILES string of the molecule is CN1CCC[C@H]1COc1nc2c(F)c(Br)ccc2c(C2=CCCN(C(=O)OC(C)(C)C)C2)c1C#N. The molecule has 0 N–H and O–H groups in total. The summed E-state index contributed by atoms with van der Waals surface area (Å²) in [5, 5.41) is 10.7. The maximum Gasteiger partial charge on any atom is 0.410 e. The van der Waals surface area contributed by atoms with Crippen LogP contribution in [0.5, 0.6) is 5.88 Å². The van der Waals surface area contributed by atoms with Crippen molar-refractivity contribution in [1.29, 1.82) is 5.26 Å². The zero-order valence-electron chi connectivity index (χ0n) is 20.5. The third-order valence-corrected chi connectivity index (χ3v) is 6.95. The molecule has 0 spiro atoms. The van der Waals surface area contributed by atoms with Gasteiger partial charge in [0.1, 0.15) is 29.4 Å². The number of likely N-dealkylation sites (tertiary alicyclic amines) is 1. The van der Waals surface area contributed by atoms with Crippen molar-refractivity contribution in [2.24, 2.45) is 0 Å². The van der Waals surface area contributed by atoms with Crippen molar-refractivity contribution in [2.75, 3.05) is 33.3 Å². The van der Waals surface area contributed by atoms with Crippen LogP contribution in [0.25, 0.3) is 16.5 Å². The fourth-order valence-electron chi connectivity index (χ4n) is 4.56. The summed E-state index contributed by atoms with van der Waals surface area (Å²) in [6.07, 6.45) is 4.24. The Morgan fingerprint density at radius 2 is 2.11 bits per heavy atom. The normalized spacial score (nSPS) is 18.9. The summed E-state index contributed by atoms with van der Waals surface area (Å²) in [5.41, 5.74) is 1.04. The summed E-state index contributed by atoms with van der Waals surface area (Å²) in [4.78, 5) is 21.0. The Bertz CT molecular complexity index is 1220. The van der Waals surface area contributed by atoms with Crippen molar-refractivity contribution in [3.05, 3.63) is 39.6 Å². The molecule has 7 nitrogen and oxygen atoms in total. The molecule has 0 bridgehead atoms. The van der Waals surface area contributed by atoms with Crippen molar-refractivity contribution in [3.8, 4) is 11.9 Å². The van der Waals surface area contributed by atoms with E-state index in [2.05, 4.69) is 31.9 Å². The largest absolute Gasteiger partial charge is 0.475 e. The number of fused-ring (bicyclic) bond motifs is 1. The van der Waals surface area contributed by atoms with E-state index in [0.717, 1.165) is 25.0 Å². The highest BCUT2D eigenvalue weighted by Crippen LogP contribution is 2.37. The van der Waals surface area contributed by atoms with Gasteiger partial charge in [-0.05, 0) is 81.2 Å². The van der Waals surface area contributed by atoms with Crippen LogP contribution in [-0.2, 0) is 4.74 Å². The van der Waals surface area contributed by atoms with E-state index in [1.54, 1.807) is 17.0 Å². The molecule has 1 amide bonds. The maximum atomic E-state index is 15.2. The van der Waals surface area contributed by atoms with E-state index in [0.29, 0.717) is 30.5 Å². The maximum absolute atomic E-state index is 15.2. The van der Waals surface area contributed by atoms with E-state index in [1.165, 1.54) is 0 Å². The molecule has 1 aromatic heterocycles. The zero-order valence-corrected chi connectivity index (χ0v) is 22.1. The fraction of sp³-hybridized carbons (Fsp3) is 0.500. The molecule has 0 radical (unpaired) electrons. The summed E-state index contributed by atoms with van der Waals surface area (Å²) in [5.74, 6) is -0.404. The third-order valence-electron chi connectivity index (χ3n) is 6.34. The number of carbonyl (C=O) groups is 1. The van der Waals surface area contributed by atoms with Gasteiger partial charge in [0, 0.05) is 30.1 Å². The number of aromatic nitrogens is 1. The lowest BCUT2D eigenvalue weighted by Gasteiger charge is -2.31. The van der Waals surface area contributed by atoms with Crippen LogP contribution in [0.2, 0.25) is 0 Å². The second-order valence-corrected chi connectivity index (χ2v) is 10.9. The molecule has 0 aliphatic carbocycles. The number of nitrogens with zero attached hydrogens (tertiary/aromatic N) is 4. The van der Waals surface area contributed by atoms with Crippen LogP contribution >= 0.6 is 15.9 Å². The zero-order chi connectivity index (χ0) is 25.3. The first-order valence-electron chi connectivity index (χ1n) is 11.8. The van der Waals surface area contributed by atoms with Gasteiger partial charge in [0.25, 0.3) is 0 Å². The van der Waals surface area contributed by atoms with E-state index in [4.69, 9.17) is 9.47 Å². The van der Waals surface area contributed by atoms with Gasteiger partial charge >= 0.3 is 6.09 Å². The highest BCUT2D eigenvalue weighted by atomic mass is 79.9. The first-order chi connectivity index (χ1) is 16.6. The van der Waals surface area contributed by atoms with Gasteiger partial charge in [-0.2, -0.15) is 5.26 Å². The summed E-state index contributed by atoms with van der Waals surface area (Å²) < 4.78 is 27.1. The van der Waals surface area contributed by atoms with Crippen LogP contribution in [-0.4, -0.2) is 65.8 Å². The molecular formula is C26H30BrFN4O3. The smallest absolute Gasteiger partial charge is 0.410 e. The molecule has 1 saturated heterocycles. The van der Waals surface area contributed by atoms with Gasteiger partial charge in [-0.3, -0.25) is 0 Å². The van der Waals surface area contributed by atoms with Crippen molar-refractivity contribution in [2.45, 2.75) is 51.7 Å². The van der Waals surface area contributed by atoms with E-state index >= 15 is 4.39 Å². The molecule has 9 heteroatoms. The number of hydrogen-bond donors (Lipinski definition) is 0. The number of amides is 1. The van der Waals surface area contributed by atoms with Crippen LogP contribution in [0.3, 0.4) is 0 Å². The minimum absolute atomic E-state index is 0.114. The van der Waals surface area contributed by atoms with Gasteiger partial charge in [0.05, 0.1) is 4.47 Å². The quantitative estimate of drug-likeness (QED) is 0.505. The molecule has 1 fully saturated rings. The molecule has 1 atom stereocenters. The predicted octanol–water partition coefficient (Wildman–Crippen LogP) is 5.51. The first-order valence-corrected chi connectivity index (χ1v) is 12.6. The van der Waals surface area contributed by atoms with Gasteiger partial charge in [0.2, 0.25) is 5.88 Å². The molecule has 2 aliphatic heterocycles. The van der Waals surface area contributed by atoms with E-state index in [-0.39, 0.29) is 34.0 Å². The fourth-order valence-corrected chi connectivity index (χ4v) is 4.88. The summed E-state index contributed by atoms with van der Waals surface area (Å²) in [6.45, 7) is 7.56. The van der Waals surface area contributed by atoms with Gasteiger partial charge in [0.15, 0.2) is 5.82 Å². The van der Waals surface area contributed by atoms with Gasteiger partial charge in [-0.15, -0.1) is 0 Å². The lowest BCUT2D eigenvalue weighted by atomic mass is 9.93. The first kappa shape index (κ1) is 25.4. The molecule has 0 saturated carbocycles. The highest BCUT2D eigenvalue weighted by molar-refractivity contribution is 9.10. The average molecular weight is 545 g/mol. The van der Waals surface area contributed by atoms with Crippen LogP contribution in [0, 0.1) is 17.1 Å². The minimum Gasteiger partial charge on any atom is -0.475 e. The second kappa shape index (κ2) is 10.1. The monoisotopic (exact) mass is 544 g/mol. The number of likely N-dealkylation sites (N-methyl/N-ethyl adjacent to an activating group) is 1. The highest BCUT2D eigenvalue weighted by Gasteiger charge is 2.29. The number of benzene rings is 1. The van der Waals surface area contributed by atoms with Crippen LogP contribution in [0.4, 0.5) is 9.18 Å². The van der Waals surface area contributed by atoms with Crippen molar-refractivity contribution in [3.63, 3.8) is 0 Å². The van der Waals surface area contributed by atoms with Crippen LogP contribution in [0.15, 0.2) is 22.7 Å². The predicted molar refractivity (Wildman–Crippen MR) is 136 cm³/mol. The summed E-state index contributed by atoms with van der Waals surface area (Å²) in [7, 11) is 2.04. The lowest BCUT2D eigenvalue weighted by molar-refractivity contribution is 0.0273. The van der Waals surface area contributed by atoms with Gasteiger partial charge in [-0.1, -0.05) is 12.1 Å². The number of halogens is 2. The van der Waals surface area contributed by atoms with Crippen LogP contribution < -0.4 is 4.74 Å². The number of ether oxygens (including phenoxy) is 2. The molecule has 186 valence electrons. The van der Waals surface area contributed by atoms with E-state index < -0.39 is 17.5 Å². The molecule has 35 heavy (non-hydrogen) atoms. The average Bonchev–Trinajstić information content (AvgIpc) is 3.22. The van der Waals surface area contributed by atoms with Crippen molar-refractivity contribution < 1.29 is 18.7 Å². The second-order valence-electron chi connectivity index (χ2n) is 10.0. The van der Waals surface area contributed by atoms with E-state index in [1.807, 2.05) is 33.9 Å². The Balaban J connectivity index is 1.77. The summed E-state index contributed by atoms with van der Waals surface area (Å²) in [6, 6.07) is 5.81. The number of nitriles is 1. The van der Waals surface area contributed by atoms with Crippen molar-refractivity contribution >= 4 is 38.5 Å². The third kappa shape index (κ3) is 5.44. The summed E-state index contributed by atoms with van der Waals surface area (Å²) >= 11 is 3.24. The Hall–Kier alpha value is -2.70. The number of rotatable bonds is 4. The van der Waals surface area contributed by atoms with E-state index in [9.17, 15) is 10.1 Å². The van der Waals surface area contributed by atoms with Gasteiger partial charge in [-0.25, -0.2) is 14.2 Å². The Morgan fingerprint density at radius 1 is 1.34 bits per heavy atom. The number of pyridine rings is 1. The Labute approximate surface area is 213 Å². The Morgan fingerprint density at radius 3 is 2.77 bits per heavy atom. The van der Waals surface area contributed by atoms with Crippen LogP contribution in [0.1, 0.15) is 51.2 Å². The lowest BCUT2D eigenvalue weighted by Crippen LogP contribution is -2.39. The topological polar surface area (TPSA) is 78.7 Å². The molecule has 2 aliphatic rings. The molecular weight excluding hydrogens is 515 g/mol. The number of carbonyl (C=O) groups excluding carboxylic acids is 1. The van der Waals surface area contributed by atoms with Crippen molar-refractivity contribution in [1.82, 2.24) is 14.8 Å². The van der Waals surface area contributed by atoms with Gasteiger partial charge < -0.3 is 19.3 Å². The molecule has 2 aromatic rings.